The lowest BCUT2D eigenvalue weighted by atomic mass is 9.98. The molecule has 0 bridgehead atoms. The summed E-state index contributed by atoms with van der Waals surface area (Å²) in [4.78, 5) is 27.4. The van der Waals surface area contributed by atoms with Crippen LogP contribution >= 0.6 is 0 Å². The normalized spacial score (nSPS) is 17.3. The second-order valence-corrected chi connectivity index (χ2v) is 8.04. The molecule has 30 heavy (non-hydrogen) atoms. The number of fused-ring (bicyclic) bond motifs is 1. The molecule has 5 heteroatoms. The topological polar surface area (TPSA) is 58.6 Å². The Hall–Kier alpha value is -2.92. The van der Waals surface area contributed by atoms with Crippen LogP contribution in [0, 0.1) is 5.92 Å². The Balaban J connectivity index is 1.44. The zero-order valence-corrected chi connectivity index (χ0v) is 17.4. The van der Waals surface area contributed by atoms with Gasteiger partial charge in [-0.25, -0.2) is 0 Å². The molecule has 0 spiro atoms. The number of benzene rings is 2. The van der Waals surface area contributed by atoms with E-state index in [9.17, 15) is 9.59 Å². The highest BCUT2D eigenvalue weighted by Gasteiger charge is 2.31. The van der Waals surface area contributed by atoms with Crippen LogP contribution in [-0.2, 0) is 16.0 Å². The molecule has 2 amide bonds. The van der Waals surface area contributed by atoms with Crippen molar-refractivity contribution >= 4 is 23.6 Å². The molecule has 0 aliphatic carbocycles. The zero-order valence-electron chi connectivity index (χ0n) is 17.4. The van der Waals surface area contributed by atoms with Gasteiger partial charge in [0.2, 0.25) is 5.91 Å². The number of rotatable bonds is 5. The van der Waals surface area contributed by atoms with Gasteiger partial charge in [0.05, 0.1) is 6.04 Å². The molecule has 156 valence electrons. The van der Waals surface area contributed by atoms with Gasteiger partial charge in [0.15, 0.2) is 0 Å². The van der Waals surface area contributed by atoms with Crippen LogP contribution in [0.3, 0.4) is 0 Å². The van der Waals surface area contributed by atoms with Crippen LogP contribution in [0.2, 0.25) is 0 Å². The number of nitrogens with one attached hydrogen (secondary N) is 1. The van der Waals surface area contributed by atoms with Crippen molar-refractivity contribution in [2.75, 3.05) is 24.7 Å². The molecule has 5 nitrogen and oxygen atoms in total. The fourth-order valence-corrected chi connectivity index (χ4v) is 4.22. The van der Waals surface area contributed by atoms with Crippen LogP contribution in [-0.4, -0.2) is 31.6 Å². The first-order valence-electron chi connectivity index (χ1n) is 10.6. The van der Waals surface area contributed by atoms with Crippen molar-refractivity contribution in [3.63, 3.8) is 0 Å². The van der Waals surface area contributed by atoms with Crippen LogP contribution in [0.4, 0.5) is 5.69 Å². The number of anilines is 1. The molecule has 1 saturated heterocycles. The zero-order chi connectivity index (χ0) is 21.1. The molecule has 2 aliphatic rings. The summed E-state index contributed by atoms with van der Waals surface area (Å²) >= 11 is 0. The van der Waals surface area contributed by atoms with Gasteiger partial charge in [-0.1, -0.05) is 36.9 Å². The highest BCUT2D eigenvalue weighted by Crippen LogP contribution is 2.33. The van der Waals surface area contributed by atoms with Gasteiger partial charge in [-0.3, -0.25) is 9.59 Å². The Bertz CT molecular complexity index is 945. The number of carbonyl (C=O) groups is 2. The molecule has 1 N–H and O–H groups in total. The van der Waals surface area contributed by atoms with E-state index in [2.05, 4.69) is 18.0 Å². The summed E-state index contributed by atoms with van der Waals surface area (Å²) in [6, 6.07) is 13.4. The fraction of sp³-hybridized carbons (Fsp3) is 0.360. The van der Waals surface area contributed by atoms with Gasteiger partial charge >= 0.3 is 0 Å². The van der Waals surface area contributed by atoms with Crippen LogP contribution in [0.25, 0.3) is 6.08 Å². The van der Waals surface area contributed by atoms with Crippen molar-refractivity contribution in [1.82, 2.24) is 5.32 Å². The minimum absolute atomic E-state index is 0.0649. The van der Waals surface area contributed by atoms with Gasteiger partial charge in [0.25, 0.3) is 5.91 Å². The molecule has 0 saturated carbocycles. The van der Waals surface area contributed by atoms with Crippen LogP contribution in [0.15, 0.2) is 49.0 Å². The van der Waals surface area contributed by atoms with Gasteiger partial charge in [0, 0.05) is 36.9 Å². The maximum Gasteiger partial charge on any atom is 0.251 e. The molecule has 0 aromatic heterocycles. The molecule has 4 rings (SSSR count). The van der Waals surface area contributed by atoms with Crippen LogP contribution in [0.5, 0.6) is 0 Å². The SMILES string of the molecule is C=Cc1ccc(C(=O)NC(C)c2ccc3c(c2)CCN3C(=O)C2CCOCC2)cc1. The third-order valence-corrected chi connectivity index (χ3v) is 6.09. The Morgan fingerprint density at radius 2 is 1.90 bits per heavy atom. The Labute approximate surface area is 177 Å². The molecule has 2 aromatic carbocycles. The lowest BCUT2D eigenvalue weighted by molar-refractivity contribution is -0.125. The molecular formula is C25H28N2O3. The number of hydrogen-bond acceptors (Lipinski definition) is 3. The van der Waals surface area contributed by atoms with E-state index in [1.165, 1.54) is 5.56 Å². The summed E-state index contributed by atoms with van der Waals surface area (Å²) in [6.07, 6.45) is 4.21. The minimum Gasteiger partial charge on any atom is -0.381 e. The lowest BCUT2D eigenvalue weighted by Crippen LogP contribution is -2.37. The Kier molecular flexibility index (Phi) is 6.00. The van der Waals surface area contributed by atoms with E-state index >= 15 is 0 Å². The van der Waals surface area contributed by atoms with Gasteiger partial charge in [0.1, 0.15) is 0 Å². The van der Waals surface area contributed by atoms with Crippen molar-refractivity contribution in [3.05, 3.63) is 71.3 Å². The second-order valence-electron chi connectivity index (χ2n) is 8.04. The average molecular weight is 405 g/mol. The first-order chi connectivity index (χ1) is 14.6. The highest BCUT2D eigenvalue weighted by atomic mass is 16.5. The second kappa shape index (κ2) is 8.84. The maximum atomic E-state index is 12.9. The summed E-state index contributed by atoms with van der Waals surface area (Å²) in [5, 5.41) is 3.07. The molecule has 1 fully saturated rings. The van der Waals surface area contributed by atoms with Crippen LogP contribution in [0.1, 0.15) is 52.9 Å². The Morgan fingerprint density at radius 3 is 2.60 bits per heavy atom. The molecule has 2 aliphatic heterocycles. The summed E-state index contributed by atoms with van der Waals surface area (Å²) in [6.45, 7) is 7.79. The van der Waals surface area contributed by atoms with Crippen molar-refractivity contribution in [2.45, 2.75) is 32.2 Å². The highest BCUT2D eigenvalue weighted by molar-refractivity contribution is 5.97. The van der Waals surface area contributed by atoms with E-state index in [0.29, 0.717) is 18.8 Å². The van der Waals surface area contributed by atoms with Gasteiger partial charge in [-0.15, -0.1) is 0 Å². The van der Waals surface area contributed by atoms with Gasteiger partial charge in [-0.2, -0.15) is 0 Å². The van der Waals surface area contributed by atoms with E-state index in [1.54, 1.807) is 6.08 Å². The number of hydrogen-bond donors (Lipinski definition) is 1. The Morgan fingerprint density at radius 1 is 1.17 bits per heavy atom. The molecule has 2 aromatic rings. The van der Waals surface area contributed by atoms with E-state index in [4.69, 9.17) is 4.74 Å². The predicted molar refractivity (Wildman–Crippen MR) is 118 cm³/mol. The third-order valence-electron chi connectivity index (χ3n) is 6.09. The largest absolute Gasteiger partial charge is 0.381 e. The van der Waals surface area contributed by atoms with Crippen molar-refractivity contribution in [2.24, 2.45) is 5.92 Å². The quantitative estimate of drug-likeness (QED) is 0.815. The summed E-state index contributed by atoms with van der Waals surface area (Å²) < 4.78 is 5.39. The third kappa shape index (κ3) is 4.17. The predicted octanol–water partition coefficient (Wildman–Crippen LogP) is 4.14. The smallest absolute Gasteiger partial charge is 0.251 e. The molecule has 1 atom stereocenters. The number of amides is 2. The summed E-state index contributed by atoms with van der Waals surface area (Å²) in [7, 11) is 0. The van der Waals surface area contributed by atoms with Crippen LogP contribution < -0.4 is 10.2 Å². The number of ether oxygens (including phenoxy) is 1. The first kappa shape index (κ1) is 20.4. The summed E-state index contributed by atoms with van der Waals surface area (Å²) in [5.74, 6) is 0.180. The van der Waals surface area contributed by atoms with E-state index in [1.807, 2.05) is 48.2 Å². The fourth-order valence-electron chi connectivity index (χ4n) is 4.22. The van der Waals surface area contributed by atoms with Crippen molar-refractivity contribution in [1.29, 1.82) is 0 Å². The summed E-state index contributed by atoms with van der Waals surface area (Å²) in [5.41, 5.74) is 4.84. The average Bonchev–Trinajstić information content (AvgIpc) is 3.22. The number of nitrogens with zero attached hydrogens (tertiary/aromatic N) is 1. The minimum atomic E-state index is -0.123. The molecule has 0 radical (unpaired) electrons. The molecule has 2 heterocycles. The van der Waals surface area contributed by atoms with E-state index in [-0.39, 0.29) is 23.8 Å². The van der Waals surface area contributed by atoms with Gasteiger partial charge in [-0.05, 0) is 61.1 Å². The lowest BCUT2D eigenvalue weighted by Gasteiger charge is -2.27. The number of carbonyl (C=O) groups excluding carboxylic acids is 2. The van der Waals surface area contributed by atoms with Crippen molar-refractivity contribution < 1.29 is 14.3 Å². The monoisotopic (exact) mass is 404 g/mol. The maximum absolute atomic E-state index is 12.9. The standard InChI is InChI=1S/C25H28N2O3/c1-3-18-4-6-19(7-5-18)24(28)26-17(2)21-8-9-23-22(16-21)10-13-27(23)25(29)20-11-14-30-15-12-20/h3-9,16-17,20H,1,10-15H2,2H3,(H,26,28). The molecular weight excluding hydrogens is 376 g/mol. The first-order valence-corrected chi connectivity index (χ1v) is 10.6. The molecule has 1 unspecified atom stereocenters. The van der Waals surface area contributed by atoms with E-state index in [0.717, 1.165) is 42.6 Å². The van der Waals surface area contributed by atoms with Crippen molar-refractivity contribution in [3.8, 4) is 0 Å². The van der Waals surface area contributed by atoms with Gasteiger partial charge < -0.3 is 15.0 Å². The van der Waals surface area contributed by atoms with E-state index < -0.39 is 0 Å².